The SMILES string of the molecule is CC(C)CC[C@H](C)NC(=O)Cn1cc([N+](=O)[O-])cc(C#N)c1=O. The second kappa shape index (κ2) is 8.08. The summed E-state index contributed by atoms with van der Waals surface area (Å²) >= 11 is 0. The number of hydrogen-bond acceptors (Lipinski definition) is 5. The maximum Gasteiger partial charge on any atom is 0.287 e. The zero-order valence-electron chi connectivity index (χ0n) is 13.4. The normalized spacial score (nSPS) is 11.8. The van der Waals surface area contributed by atoms with Crippen molar-refractivity contribution in [1.82, 2.24) is 9.88 Å². The van der Waals surface area contributed by atoms with E-state index in [1.807, 2.05) is 6.92 Å². The van der Waals surface area contributed by atoms with Crippen molar-refractivity contribution in [3.63, 3.8) is 0 Å². The molecule has 0 aliphatic carbocycles. The first-order chi connectivity index (χ1) is 10.7. The fourth-order valence-corrected chi connectivity index (χ4v) is 2.05. The molecule has 1 amide bonds. The van der Waals surface area contributed by atoms with Gasteiger partial charge >= 0.3 is 0 Å². The van der Waals surface area contributed by atoms with Gasteiger partial charge in [-0.05, 0) is 25.7 Å². The highest BCUT2D eigenvalue weighted by atomic mass is 16.6. The third-order valence-corrected chi connectivity index (χ3v) is 3.30. The second-order valence-electron chi connectivity index (χ2n) is 5.85. The molecule has 1 atom stereocenters. The van der Waals surface area contributed by atoms with Gasteiger partial charge in [0.05, 0.1) is 11.1 Å². The lowest BCUT2D eigenvalue weighted by Gasteiger charge is -2.15. The summed E-state index contributed by atoms with van der Waals surface area (Å²) in [5, 5.41) is 22.4. The Kier molecular flexibility index (Phi) is 6.45. The minimum absolute atomic E-state index is 0.0604. The first-order valence-electron chi connectivity index (χ1n) is 7.33. The summed E-state index contributed by atoms with van der Waals surface area (Å²) in [5.74, 6) is 0.0969. The van der Waals surface area contributed by atoms with E-state index < -0.39 is 22.1 Å². The van der Waals surface area contributed by atoms with Gasteiger partial charge in [0, 0.05) is 12.1 Å². The summed E-state index contributed by atoms with van der Waals surface area (Å²) in [6, 6.07) is 2.45. The van der Waals surface area contributed by atoms with Crippen molar-refractivity contribution in [1.29, 1.82) is 5.26 Å². The molecular formula is C15H20N4O4. The number of carbonyl (C=O) groups is 1. The fourth-order valence-electron chi connectivity index (χ4n) is 2.05. The van der Waals surface area contributed by atoms with Gasteiger partial charge in [-0.15, -0.1) is 0 Å². The minimum atomic E-state index is -0.719. The Bertz CT molecular complexity index is 688. The summed E-state index contributed by atoms with van der Waals surface area (Å²) in [4.78, 5) is 34.0. The van der Waals surface area contributed by atoms with Gasteiger partial charge in [-0.25, -0.2) is 0 Å². The van der Waals surface area contributed by atoms with Crippen LogP contribution in [0.25, 0.3) is 0 Å². The van der Waals surface area contributed by atoms with E-state index in [-0.39, 0.29) is 18.2 Å². The van der Waals surface area contributed by atoms with Crippen LogP contribution in [0.4, 0.5) is 5.69 Å². The molecule has 23 heavy (non-hydrogen) atoms. The number of hydrogen-bond donors (Lipinski definition) is 1. The molecule has 1 N–H and O–H groups in total. The predicted octanol–water partition coefficient (Wildman–Crippen LogP) is 1.57. The Labute approximate surface area is 133 Å². The minimum Gasteiger partial charge on any atom is -0.352 e. The first kappa shape index (κ1) is 18.4. The van der Waals surface area contributed by atoms with E-state index in [2.05, 4.69) is 19.2 Å². The largest absolute Gasteiger partial charge is 0.352 e. The molecule has 0 aliphatic heterocycles. The quantitative estimate of drug-likeness (QED) is 0.604. The molecule has 8 heteroatoms. The molecule has 0 spiro atoms. The standard InChI is InChI=1S/C15H20N4O4/c1-10(2)4-5-11(3)17-14(20)9-18-8-13(19(22)23)6-12(7-16)15(18)21/h6,8,10-11H,4-5,9H2,1-3H3,(H,17,20)/t11-/m0/s1. The monoisotopic (exact) mass is 320 g/mol. The molecule has 0 saturated heterocycles. The number of carbonyl (C=O) groups excluding carboxylic acids is 1. The number of nitro groups is 1. The predicted molar refractivity (Wildman–Crippen MR) is 83.7 cm³/mol. The molecule has 1 rings (SSSR count). The van der Waals surface area contributed by atoms with Gasteiger partial charge in [0.2, 0.25) is 5.91 Å². The van der Waals surface area contributed by atoms with Crippen molar-refractivity contribution < 1.29 is 9.72 Å². The summed E-state index contributed by atoms with van der Waals surface area (Å²) < 4.78 is 0.890. The van der Waals surface area contributed by atoms with Crippen LogP contribution in [0.3, 0.4) is 0 Å². The Morgan fingerprint density at radius 1 is 1.43 bits per heavy atom. The molecule has 0 unspecified atom stereocenters. The van der Waals surface area contributed by atoms with Gasteiger partial charge in [-0.2, -0.15) is 5.26 Å². The molecule has 0 radical (unpaired) electrons. The van der Waals surface area contributed by atoms with Gasteiger partial charge in [0.1, 0.15) is 18.2 Å². The van der Waals surface area contributed by atoms with Crippen LogP contribution in [0.2, 0.25) is 0 Å². The topological polar surface area (TPSA) is 118 Å². The maximum absolute atomic E-state index is 12.0. The maximum atomic E-state index is 12.0. The summed E-state index contributed by atoms with van der Waals surface area (Å²) in [5.41, 5.74) is -1.48. The lowest BCUT2D eigenvalue weighted by atomic mass is 10.0. The van der Waals surface area contributed by atoms with Crippen molar-refractivity contribution >= 4 is 11.6 Å². The smallest absolute Gasteiger partial charge is 0.287 e. The van der Waals surface area contributed by atoms with Gasteiger partial charge in [-0.1, -0.05) is 13.8 Å². The van der Waals surface area contributed by atoms with Crippen LogP contribution in [0.5, 0.6) is 0 Å². The number of amides is 1. The zero-order chi connectivity index (χ0) is 17.6. The van der Waals surface area contributed by atoms with Gasteiger partial charge in [0.25, 0.3) is 11.2 Å². The van der Waals surface area contributed by atoms with Crippen LogP contribution >= 0.6 is 0 Å². The highest BCUT2D eigenvalue weighted by molar-refractivity contribution is 5.76. The van der Waals surface area contributed by atoms with Crippen LogP contribution in [0, 0.1) is 27.4 Å². The highest BCUT2D eigenvalue weighted by Crippen LogP contribution is 2.10. The van der Waals surface area contributed by atoms with Gasteiger partial charge in [-0.3, -0.25) is 24.3 Å². The second-order valence-corrected chi connectivity index (χ2v) is 5.85. The van der Waals surface area contributed by atoms with Crippen molar-refractivity contribution in [2.75, 3.05) is 0 Å². The number of nitrogens with zero attached hydrogens (tertiary/aromatic N) is 3. The lowest BCUT2D eigenvalue weighted by molar-refractivity contribution is -0.385. The van der Waals surface area contributed by atoms with Gasteiger partial charge in [0.15, 0.2) is 0 Å². The number of aromatic nitrogens is 1. The third kappa shape index (κ3) is 5.54. The molecule has 0 fully saturated rings. The van der Waals surface area contributed by atoms with Crippen LogP contribution in [-0.4, -0.2) is 21.4 Å². The van der Waals surface area contributed by atoms with E-state index in [1.54, 1.807) is 6.07 Å². The zero-order valence-corrected chi connectivity index (χ0v) is 13.4. The first-order valence-corrected chi connectivity index (χ1v) is 7.33. The summed E-state index contributed by atoms with van der Waals surface area (Å²) in [7, 11) is 0. The molecule has 0 aliphatic rings. The summed E-state index contributed by atoms with van der Waals surface area (Å²) in [6.45, 7) is 5.67. The van der Waals surface area contributed by atoms with Crippen LogP contribution in [-0.2, 0) is 11.3 Å². The van der Waals surface area contributed by atoms with Gasteiger partial charge < -0.3 is 5.32 Å². The Balaban J connectivity index is 2.86. The molecule has 1 aromatic rings. The van der Waals surface area contributed by atoms with E-state index in [4.69, 9.17) is 5.26 Å². The van der Waals surface area contributed by atoms with Crippen LogP contribution in [0.1, 0.15) is 39.2 Å². The van der Waals surface area contributed by atoms with Crippen LogP contribution in [0.15, 0.2) is 17.1 Å². The average molecular weight is 320 g/mol. The molecule has 124 valence electrons. The Hall–Kier alpha value is -2.69. The molecule has 1 heterocycles. The Morgan fingerprint density at radius 3 is 2.61 bits per heavy atom. The number of nitrogens with one attached hydrogen (secondary N) is 1. The molecule has 0 aromatic carbocycles. The third-order valence-electron chi connectivity index (χ3n) is 3.30. The lowest BCUT2D eigenvalue weighted by Crippen LogP contribution is -2.37. The molecular weight excluding hydrogens is 300 g/mol. The average Bonchev–Trinajstić information content (AvgIpc) is 2.46. The fraction of sp³-hybridized carbons (Fsp3) is 0.533. The summed E-state index contributed by atoms with van der Waals surface area (Å²) in [6.07, 6.45) is 2.73. The van der Waals surface area contributed by atoms with Crippen molar-refractivity contribution in [3.05, 3.63) is 38.3 Å². The van der Waals surface area contributed by atoms with E-state index >= 15 is 0 Å². The van der Waals surface area contributed by atoms with E-state index in [0.717, 1.165) is 29.7 Å². The van der Waals surface area contributed by atoms with Crippen molar-refractivity contribution in [2.45, 2.75) is 46.2 Å². The van der Waals surface area contributed by atoms with E-state index in [9.17, 15) is 19.7 Å². The van der Waals surface area contributed by atoms with E-state index in [0.29, 0.717) is 5.92 Å². The molecule has 8 nitrogen and oxygen atoms in total. The van der Waals surface area contributed by atoms with Crippen molar-refractivity contribution in [3.8, 4) is 6.07 Å². The van der Waals surface area contributed by atoms with Crippen LogP contribution < -0.4 is 10.9 Å². The molecule has 0 saturated carbocycles. The highest BCUT2D eigenvalue weighted by Gasteiger charge is 2.16. The Morgan fingerprint density at radius 2 is 2.09 bits per heavy atom. The number of nitriles is 1. The van der Waals surface area contributed by atoms with Crippen molar-refractivity contribution in [2.24, 2.45) is 5.92 Å². The van der Waals surface area contributed by atoms with E-state index in [1.165, 1.54) is 0 Å². The number of rotatable bonds is 7. The molecule has 1 aromatic heterocycles. The molecule has 0 bridgehead atoms. The number of pyridine rings is 1.